The Hall–Kier alpha value is -0.980. The molecule has 0 aliphatic carbocycles. The first-order chi connectivity index (χ1) is 9.85. The van der Waals surface area contributed by atoms with Gasteiger partial charge in [-0.1, -0.05) is 32.8 Å². The summed E-state index contributed by atoms with van der Waals surface area (Å²) in [5.41, 5.74) is 0.710. The fourth-order valence-corrected chi connectivity index (χ4v) is 3.85. The summed E-state index contributed by atoms with van der Waals surface area (Å²) in [5, 5.41) is 2.90. The third-order valence-electron chi connectivity index (χ3n) is 3.76. The fraction of sp³-hybridized carbons (Fsp3) is 0.600. The summed E-state index contributed by atoms with van der Waals surface area (Å²) in [4.78, 5) is -0.292. The Morgan fingerprint density at radius 1 is 1.24 bits per heavy atom. The van der Waals surface area contributed by atoms with Crippen molar-refractivity contribution in [1.82, 2.24) is 10.0 Å². The van der Waals surface area contributed by atoms with Crippen LogP contribution in [-0.2, 0) is 16.6 Å². The number of halogens is 1. The van der Waals surface area contributed by atoms with Crippen LogP contribution in [0.25, 0.3) is 0 Å². The second kappa shape index (κ2) is 7.87. The van der Waals surface area contributed by atoms with Crippen LogP contribution in [0.15, 0.2) is 23.1 Å². The Labute approximate surface area is 127 Å². The molecule has 0 fully saturated rings. The summed E-state index contributed by atoms with van der Waals surface area (Å²) in [6, 6.07) is 3.98. The van der Waals surface area contributed by atoms with Crippen molar-refractivity contribution in [3.05, 3.63) is 29.6 Å². The van der Waals surface area contributed by atoms with E-state index in [-0.39, 0.29) is 16.9 Å². The molecular formula is C15H25FN2O2S. The van der Waals surface area contributed by atoms with Crippen molar-refractivity contribution < 1.29 is 12.8 Å². The fourth-order valence-electron chi connectivity index (χ4n) is 2.48. The van der Waals surface area contributed by atoms with E-state index in [2.05, 4.69) is 10.0 Å². The zero-order chi connectivity index (χ0) is 16.0. The summed E-state index contributed by atoms with van der Waals surface area (Å²) in [7, 11) is -2.08. The summed E-state index contributed by atoms with van der Waals surface area (Å²) < 4.78 is 41.2. The second-order valence-corrected chi connectivity index (χ2v) is 6.96. The maximum atomic E-state index is 14.0. The van der Waals surface area contributed by atoms with Gasteiger partial charge in [0.05, 0.1) is 0 Å². The molecule has 0 aromatic heterocycles. The van der Waals surface area contributed by atoms with Crippen molar-refractivity contribution in [1.29, 1.82) is 0 Å². The summed E-state index contributed by atoms with van der Waals surface area (Å²) in [6.45, 7) is 6.36. The predicted molar refractivity (Wildman–Crippen MR) is 83.0 cm³/mol. The monoisotopic (exact) mass is 316 g/mol. The maximum absolute atomic E-state index is 14.0. The lowest BCUT2D eigenvalue weighted by Gasteiger charge is -2.22. The number of hydrogen-bond donors (Lipinski definition) is 2. The van der Waals surface area contributed by atoms with Gasteiger partial charge in [-0.05, 0) is 37.6 Å². The molecular weight excluding hydrogens is 291 g/mol. The van der Waals surface area contributed by atoms with E-state index in [0.717, 1.165) is 12.8 Å². The SMILES string of the molecule is CCC(CC)C(C)NS(=O)(=O)c1ccc(CNC)cc1F. The number of rotatable bonds is 8. The second-order valence-electron chi connectivity index (χ2n) is 5.28. The third kappa shape index (κ3) is 4.76. The zero-order valence-corrected chi connectivity index (χ0v) is 13.9. The lowest BCUT2D eigenvalue weighted by atomic mass is 9.96. The van der Waals surface area contributed by atoms with Gasteiger partial charge in [0.2, 0.25) is 10.0 Å². The van der Waals surface area contributed by atoms with Gasteiger partial charge >= 0.3 is 0 Å². The minimum absolute atomic E-state index is 0.221. The standard InChI is InChI=1S/C15H25FN2O2S/c1-5-13(6-2)11(3)18-21(19,20)15-8-7-12(10-17-4)9-14(15)16/h7-9,11,13,17-18H,5-6,10H2,1-4H3. The molecule has 1 aromatic carbocycles. The average Bonchev–Trinajstić information content (AvgIpc) is 2.39. The molecule has 1 aromatic rings. The van der Waals surface area contributed by atoms with Crippen LogP contribution in [-0.4, -0.2) is 21.5 Å². The quantitative estimate of drug-likeness (QED) is 0.775. The van der Waals surface area contributed by atoms with Crippen LogP contribution in [0.4, 0.5) is 4.39 Å². The van der Waals surface area contributed by atoms with Crippen LogP contribution in [0.3, 0.4) is 0 Å². The highest BCUT2D eigenvalue weighted by molar-refractivity contribution is 7.89. The van der Waals surface area contributed by atoms with Crippen molar-refractivity contribution in [2.45, 2.75) is 51.1 Å². The van der Waals surface area contributed by atoms with Gasteiger partial charge in [-0.15, -0.1) is 0 Å². The first-order valence-corrected chi connectivity index (χ1v) is 8.79. The molecule has 1 rings (SSSR count). The number of sulfonamides is 1. The number of nitrogens with one attached hydrogen (secondary N) is 2. The largest absolute Gasteiger partial charge is 0.316 e. The molecule has 21 heavy (non-hydrogen) atoms. The van der Waals surface area contributed by atoms with Crippen LogP contribution in [0.5, 0.6) is 0 Å². The Morgan fingerprint density at radius 2 is 1.86 bits per heavy atom. The van der Waals surface area contributed by atoms with Gasteiger partial charge in [0.25, 0.3) is 0 Å². The van der Waals surface area contributed by atoms with Crippen LogP contribution in [0.2, 0.25) is 0 Å². The van der Waals surface area contributed by atoms with Crippen molar-refractivity contribution in [2.24, 2.45) is 5.92 Å². The molecule has 0 aliphatic heterocycles. The molecule has 1 atom stereocenters. The zero-order valence-electron chi connectivity index (χ0n) is 13.1. The molecule has 0 saturated carbocycles. The van der Waals surface area contributed by atoms with E-state index in [1.165, 1.54) is 12.1 Å². The van der Waals surface area contributed by atoms with Gasteiger partial charge in [0.15, 0.2) is 0 Å². The lowest BCUT2D eigenvalue weighted by molar-refractivity contribution is 0.390. The molecule has 120 valence electrons. The van der Waals surface area contributed by atoms with Crippen LogP contribution in [0, 0.1) is 11.7 Å². The molecule has 0 spiro atoms. The predicted octanol–water partition coefficient (Wildman–Crippen LogP) is 2.65. The van der Waals surface area contributed by atoms with Crippen LogP contribution >= 0.6 is 0 Å². The Balaban J connectivity index is 2.97. The molecule has 2 N–H and O–H groups in total. The van der Waals surface area contributed by atoms with E-state index in [0.29, 0.717) is 12.1 Å². The minimum atomic E-state index is -3.83. The smallest absolute Gasteiger partial charge is 0.243 e. The molecule has 0 amide bonds. The van der Waals surface area contributed by atoms with Gasteiger partial charge in [0, 0.05) is 12.6 Å². The molecule has 0 heterocycles. The van der Waals surface area contributed by atoms with Crippen molar-refractivity contribution in [3.63, 3.8) is 0 Å². The summed E-state index contributed by atoms with van der Waals surface area (Å²) in [6.07, 6.45) is 1.76. The highest BCUT2D eigenvalue weighted by atomic mass is 32.2. The van der Waals surface area contributed by atoms with E-state index < -0.39 is 15.8 Å². The van der Waals surface area contributed by atoms with Gasteiger partial charge in [0.1, 0.15) is 10.7 Å². The van der Waals surface area contributed by atoms with E-state index in [1.807, 2.05) is 20.8 Å². The Morgan fingerprint density at radius 3 is 2.33 bits per heavy atom. The van der Waals surface area contributed by atoms with Crippen molar-refractivity contribution in [3.8, 4) is 0 Å². The molecule has 4 nitrogen and oxygen atoms in total. The third-order valence-corrected chi connectivity index (χ3v) is 5.36. The van der Waals surface area contributed by atoms with Gasteiger partial charge in [-0.25, -0.2) is 17.5 Å². The Bertz CT molecular complexity index is 557. The van der Waals surface area contributed by atoms with Crippen LogP contribution in [0.1, 0.15) is 39.2 Å². The maximum Gasteiger partial charge on any atom is 0.243 e. The number of hydrogen-bond acceptors (Lipinski definition) is 3. The van der Waals surface area contributed by atoms with Gasteiger partial charge in [-0.2, -0.15) is 0 Å². The van der Waals surface area contributed by atoms with E-state index >= 15 is 0 Å². The Kier molecular flexibility index (Phi) is 6.77. The molecule has 0 radical (unpaired) electrons. The van der Waals surface area contributed by atoms with Crippen molar-refractivity contribution >= 4 is 10.0 Å². The minimum Gasteiger partial charge on any atom is -0.316 e. The number of benzene rings is 1. The van der Waals surface area contributed by atoms with E-state index in [9.17, 15) is 12.8 Å². The normalized spacial score (nSPS) is 13.6. The first kappa shape index (κ1) is 18.1. The van der Waals surface area contributed by atoms with Crippen molar-refractivity contribution in [2.75, 3.05) is 7.05 Å². The lowest BCUT2D eigenvalue weighted by Crippen LogP contribution is -2.38. The topological polar surface area (TPSA) is 58.2 Å². The van der Waals surface area contributed by atoms with Gasteiger partial charge in [-0.3, -0.25) is 0 Å². The molecule has 6 heteroatoms. The molecule has 1 unspecified atom stereocenters. The molecule has 0 bridgehead atoms. The highest BCUT2D eigenvalue weighted by Gasteiger charge is 2.24. The highest BCUT2D eigenvalue weighted by Crippen LogP contribution is 2.19. The van der Waals surface area contributed by atoms with E-state index in [4.69, 9.17) is 0 Å². The first-order valence-electron chi connectivity index (χ1n) is 7.31. The van der Waals surface area contributed by atoms with E-state index in [1.54, 1.807) is 13.1 Å². The summed E-state index contributed by atoms with van der Waals surface area (Å²) >= 11 is 0. The van der Waals surface area contributed by atoms with Crippen LogP contribution < -0.4 is 10.0 Å². The average molecular weight is 316 g/mol. The van der Waals surface area contributed by atoms with Gasteiger partial charge < -0.3 is 5.32 Å². The summed E-state index contributed by atoms with van der Waals surface area (Å²) in [5.74, 6) is -0.474. The molecule has 0 aliphatic rings. The molecule has 0 saturated heterocycles.